The standard InChI is InChI=1S/C29H45N2O4P/c1-22(21-36(6,32)33)25-11-15-30-28(18-25)35-20-23-12-16-31(17-13-23)27-19-26(34-5)10-9-24(27)8-7-14-29(2,3)4/h9-11,15,18-19,22-23H,7-8,12-14,16-17,20-21H2,1-6H3,(H,32,33)/t22-/m0/s1. The van der Waals surface area contributed by atoms with Crippen molar-refractivity contribution in [1.29, 1.82) is 0 Å². The second kappa shape index (κ2) is 12.5. The lowest BCUT2D eigenvalue weighted by atomic mass is 9.88. The topological polar surface area (TPSA) is 71.9 Å². The van der Waals surface area contributed by atoms with Gasteiger partial charge in [-0.1, -0.05) is 33.8 Å². The molecule has 2 atom stereocenters. The van der Waals surface area contributed by atoms with E-state index in [1.54, 1.807) is 13.3 Å². The van der Waals surface area contributed by atoms with Gasteiger partial charge in [-0.05, 0) is 72.6 Å². The van der Waals surface area contributed by atoms with Crippen molar-refractivity contribution < 1.29 is 18.9 Å². The van der Waals surface area contributed by atoms with Gasteiger partial charge in [0.2, 0.25) is 5.88 Å². The molecule has 36 heavy (non-hydrogen) atoms. The van der Waals surface area contributed by atoms with Crippen molar-refractivity contribution in [3.8, 4) is 11.6 Å². The number of nitrogens with zero attached hydrogens (tertiary/aromatic N) is 2. The molecule has 0 spiro atoms. The maximum atomic E-state index is 11.8. The molecular weight excluding hydrogens is 471 g/mol. The van der Waals surface area contributed by atoms with Crippen LogP contribution in [-0.4, -0.2) is 49.5 Å². The Hall–Kier alpha value is -2.04. The average molecular weight is 517 g/mol. The molecule has 1 aromatic heterocycles. The van der Waals surface area contributed by atoms with Gasteiger partial charge in [-0.3, -0.25) is 4.57 Å². The number of methoxy groups -OCH3 is 1. The quantitative estimate of drug-likeness (QED) is 0.333. The van der Waals surface area contributed by atoms with Gasteiger partial charge in [0.1, 0.15) is 5.75 Å². The fourth-order valence-corrected chi connectivity index (χ4v) is 6.18. The van der Waals surface area contributed by atoms with Crippen LogP contribution in [-0.2, 0) is 11.0 Å². The van der Waals surface area contributed by atoms with Crippen molar-refractivity contribution in [2.75, 3.05) is 44.5 Å². The third-order valence-electron chi connectivity index (χ3n) is 7.03. The lowest BCUT2D eigenvalue weighted by Crippen LogP contribution is -2.36. The van der Waals surface area contributed by atoms with E-state index in [-0.39, 0.29) is 12.1 Å². The van der Waals surface area contributed by atoms with E-state index in [4.69, 9.17) is 9.47 Å². The number of benzene rings is 1. The Morgan fingerprint density at radius 2 is 1.92 bits per heavy atom. The van der Waals surface area contributed by atoms with Crippen LogP contribution < -0.4 is 14.4 Å². The molecule has 3 rings (SSSR count). The third kappa shape index (κ3) is 9.12. The summed E-state index contributed by atoms with van der Waals surface area (Å²) in [6.07, 6.45) is 7.61. The van der Waals surface area contributed by atoms with E-state index in [0.717, 1.165) is 43.7 Å². The number of piperidine rings is 1. The van der Waals surface area contributed by atoms with Gasteiger partial charge < -0.3 is 19.3 Å². The van der Waals surface area contributed by atoms with Crippen molar-refractivity contribution in [1.82, 2.24) is 4.98 Å². The minimum atomic E-state index is -3.07. The van der Waals surface area contributed by atoms with Gasteiger partial charge >= 0.3 is 0 Å². The zero-order chi connectivity index (χ0) is 26.3. The molecule has 6 nitrogen and oxygen atoms in total. The fraction of sp³-hybridized carbons (Fsp3) is 0.621. The van der Waals surface area contributed by atoms with E-state index in [1.165, 1.54) is 30.8 Å². The highest BCUT2D eigenvalue weighted by Gasteiger charge is 2.23. The first-order valence-corrected chi connectivity index (χ1v) is 15.5. The lowest BCUT2D eigenvalue weighted by Gasteiger charge is -2.35. The number of ether oxygens (including phenoxy) is 2. The monoisotopic (exact) mass is 516 g/mol. The minimum absolute atomic E-state index is 0.0140. The molecule has 2 heterocycles. The summed E-state index contributed by atoms with van der Waals surface area (Å²) in [6.45, 7) is 12.9. The van der Waals surface area contributed by atoms with Crippen molar-refractivity contribution in [2.45, 2.75) is 65.7 Å². The van der Waals surface area contributed by atoms with Gasteiger partial charge in [-0.2, -0.15) is 0 Å². The molecule has 1 saturated heterocycles. The Balaban J connectivity index is 1.56. The van der Waals surface area contributed by atoms with E-state index in [2.05, 4.69) is 48.9 Å². The first-order chi connectivity index (χ1) is 16.9. The SMILES string of the molecule is COc1ccc(CCCC(C)(C)C)c(N2CCC(COc3cc([C@@H](C)CP(C)(=O)O)ccn3)CC2)c1. The summed E-state index contributed by atoms with van der Waals surface area (Å²) in [4.78, 5) is 16.6. The summed E-state index contributed by atoms with van der Waals surface area (Å²) >= 11 is 0. The molecule has 0 aliphatic carbocycles. The fourth-order valence-electron chi connectivity index (χ4n) is 4.95. The maximum absolute atomic E-state index is 11.8. The van der Waals surface area contributed by atoms with Gasteiger partial charge in [0, 0.05) is 49.9 Å². The van der Waals surface area contributed by atoms with Gasteiger partial charge in [0.05, 0.1) is 13.7 Å². The number of aromatic nitrogens is 1. The normalized spacial score (nSPS) is 17.5. The molecular formula is C29H45N2O4P. The summed E-state index contributed by atoms with van der Waals surface area (Å²) in [7, 11) is -1.34. The summed E-state index contributed by atoms with van der Waals surface area (Å²) in [5, 5.41) is 0. The van der Waals surface area contributed by atoms with Gasteiger partial charge in [-0.25, -0.2) is 4.98 Å². The average Bonchev–Trinajstić information content (AvgIpc) is 2.81. The number of rotatable bonds is 11. The highest BCUT2D eigenvalue weighted by atomic mass is 31.2. The largest absolute Gasteiger partial charge is 0.497 e. The molecule has 0 amide bonds. The van der Waals surface area contributed by atoms with E-state index in [9.17, 15) is 9.46 Å². The van der Waals surface area contributed by atoms with E-state index in [0.29, 0.717) is 23.8 Å². The Kier molecular flexibility index (Phi) is 9.88. The number of hydrogen-bond donors (Lipinski definition) is 1. The van der Waals surface area contributed by atoms with Crippen LogP contribution in [0.3, 0.4) is 0 Å². The molecule has 0 saturated carbocycles. The van der Waals surface area contributed by atoms with Crippen LogP contribution in [0.2, 0.25) is 0 Å². The predicted molar refractivity (Wildman–Crippen MR) is 149 cm³/mol. The van der Waals surface area contributed by atoms with Crippen LogP contribution >= 0.6 is 7.37 Å². The van der Waals surface area contributed by atoms with E-state index < -0.39 is 7.37 Å². The third-order valence-corrected chi connectivity index (χ3v) is 8.25. The number of hydrogen-bond acceptors (Lipinski definition) is 5. The summed E-state index contributed by atoms with van der Waals surface area (Å²) in [5.41, 5.74) is 4.06. The van der Waals surface area contributed by atoms with Gasteiger partial charge in [0.25, 0.3) is 0 Å². The Morgan fingerprint density at radius 3 is 2.56 bits per heavy atom. The second-order valence-corrected chi connectivity index (χ2v) is 14.2. The molecule has 1 fully saturated rings. The first kappa shape index (κ1) is 28.5. The Labute approximate surface area is 217 Å². The van der Waals surface area contributed by atoms with Crippen LogP contribution in [0.5, 0.6) is 11.6 Å². The Morgan fingerprint density at radius 1 is 1.19 bits per heavy atom. The maximum Gasteiger partial charge on any atom is 0.213 e. The summed E-state index contributed by atoms with van der Waals surface area (Å²) in [5.74, 6) is 1.97. The van der Waals surface area contributed by atoms with Gasteiger partial charge in [0.15, 0.2) is 7.37 Å². The van der Waals surface area contributed by atoms with Crippen molar-refractivity contribution in [3.05, 3.63) is 47.7 Å². The lowest BCUT2D eigenvalue weighted by molar-refractivity contribution is 0.216. The van der Waals surface area contributed by atoms with Crippen LogP contribution in [0, 0.1) is 11.3 Å². The van der Waals surface area contributed by atoms with Crippen molar-refractivity contribution in [3.63, 3.8) is 0 Å². The molecule has 0 bridgehead atoms. The molecule has 1 aliphatic heterocycles. The van der Waals surface area contributed by atoms with Crippen LogP contribution in [0.25, 0.3) is 0 Å². The van der Waals surface area contributed by atoms with Gasteiger partial charge in [-0.15, -0.1) is 0 Å². The summed E-state index contributed by atoms with van der Waals surface area (Å²) in [6, 6.07) is 10.3. The van der Waals surface area contributed by atoms with Crippen molar-refractivity contribution in [2.24, 2.45) is 11.3 Å². The smallest absolute Gasteiger partial charge is 0.213 e. The number of anilines is 1. The molecule has 1 N–H and O–H groups in total. The highest BCUT2D eigenvalue weighted by Crippen LogP contribution is 2.40. The second-order valence-electron chi connectivity index (χ2n) is 11.7. The minimum Gasteiger partial charge on any atom is -0.497 e. The van der Waals surface area contributed by atoms with Crippen LogP contribution in [0.1, 0.15) is 70.4 Å². The van der Waals surface area contributed by atoms with Crippen LogP contribution in [0.15, 0.2) is 36.5 Å². The predicted octanol–water partition coefficient (Wildman–Crippen LogP) is 6.76. The number of aryl methyl sites for hydroxylation is 1. The van der Waals surface area contributed by atoms with Crippen LogP contribution in [0.4, 0.5) is 5.69 Å². The molecule has 1 aliphatic rings. The molecule has 7 heteroatoms. The zero-order valence-electron chi connectivity index (χ0n) is 23.0. The van der Waals surface area contributed by atoms with E-state index >= 15 is 0 Å². The molecule has 0 radical (unpaired) electrons. The zero-order valence-corrected chi connectivity index (χ0v) is 23.9. The molecule has 1 unspecified atom stereocenters. The molecule has 2 aromatic rings. The van der Waals surface area contributed by atoms with E-state index in [1.807, 2.05) is 19.1 Å². The Bertz CT molecular complexity index is 1020. The summed E-state index contributed by atoms with van der Waals surface area (Å²) < 4.78 is 23.4. The first-order valence-electron chi connectivity index (χ1n) is 13.2. The molecule has 200 valence electrons. The van der Waals surface area contributed by atoms with Crippen molar-refractivity contribution >= 4 is 13.1 Å². The highest BCUT2D eigenvalue weighted by molar-refractivity contribution is 7.57. The number of pyridine rings is 1. The molecule has 1 aromatic carbocycles.